The molecule has 2 N–H and O–H groups in total. The number of ether oxygens (including phenoxy) is 1. The quantitative estimate of drug-likeness (QED) is 0.861. The highest BCUT2D eigenvalue weighted by Crippen LogP contribution is 2.37. The molecule has 142 valence electrons. The molecule has 0 bridgehead atoms. The average molecular weight is 377 g/mol. The van der Waals surface area contributed by atoms with Crippen molar-refractivity contribution in [3.63, 3.8) is 0 Å². The van der Waals surface area contributed by atoms with Crippen LogP contribution in [0.2, 0.25) is 0 Å². The second kappa shape index (κ2) is 6.53. The standard InChI is InChI=1S/C19H18F3N3O2/c20-19(21,22)27-14-3-1-2-12(10-14)13-5-8-23-16(11-13)15-4-6-18(25-15)7-9-24-17(18)26/h1-3,5,8,10-11,15,25H,4,6-7,9H2,(H,24,26)/t15-,18+/m0/s1. The Morgan fingerprint density at radius 3 is 2.70 bits per heavy atom. The Bertz CT molecular complexity index is 871. The molecule has 0 aliphatic carbocycles. The summed E-state index contributed by atoms with van der Waals surface area (Å²) in [6, 6.07) is 9.36. The van der Waals surface area contributed by atoms with Crippen molar-refractivity contribution < 1.29 is 22.7 Å². The Labute approximate surface area is 153 Å². The normalized spacial score (nSPS) is 25.0. The lowest BCUT2D eigenvalue weighted by atomic mass is 9.96. The zero-order valence-electron chi connectivity index (χ0n) is 14.3. The van der Waals surface area contributed by atoms with Gasteiger partial charge in [0.15, 0.2) is 0 Å². The van der Waals surface area contributed by atoms with Gasteiger partial charge in [0.25, 0.3) is 0 Å². The van der Waals surface area contributed by atoms with Crippen LogP contribution in [0.3, 0.4) is 0 Å². The molecule has 1 aromatic heterocycles. The first-order chi connectivity index (χ1) is 12.8. The number of amides is 1. The van der Waals surface area contributed by atoms with Crippen molar-refractivity contribution in [3.8, 4) is 16.9 Å². The average Bonchev–Trinajstić information content (AvgIpc) is 3.21. The monoisotopic (exact) mass is 377 g/mol. The minimum absolute atomic E-state index is 0.0261. The van der Waals surface area contributed by atoms with E-state index >= 15 is 0 Å². The minimum Gasteiger partial charge on any atom is -0.406 e. The molecule has 1 amide bonds. The molecular weight excluding hydrogens is 359 g/mol. The Hall–Kier alpha value is -2.61. The molecule has 0 radical (unpaired) electrons. The molecule has 2 aromatic rings. The summed E-state index contributed by atoms with van der Waals surface area (Å²) in [5.41, 5.74) is 1.59. The van der Waals surface area contributed by atoms with Gasteiger partial charge in [0, 0.05) is 12.7 Å². The van der Waals surface area contributed by atoms with Crippen molar-refractivity contribution in [2.45, 2.75) is 37.2 Å². The third-order valence-corrected chi connectivity index (χ3v) is 5.12. The molecule has 2 saturated heterocycles. The van der Waals surface area contributed by atoms with E-state index in [9.17, 15) is 18.0 Å². The zero-order valence-corrected chi connectivity index (χ0v) is 14.3. The summed E-state index contributed by atoms with van der Waals surface area (Å²) >= 11 is 0. The molecule has 1 spiro atoms. The van der Waals surface area contributed by atoms with Crippen molar-refractivity contribution in [2.24, 2.45) is 0 Å². The Kier molecular flexibility index (Phi) is 4.30. The summed E-state index contributed by atoms with van der Waals surface area (Å²) in [6.45, 7) is 0.665. The summed E-state index contributed by atoms with van der Waals surface area (Å²) in [5, 5.41) is 6.26. The van der Waals surface area contributed by atoms with Gasteiger partial charge in [-0.3, -0.25) is 15.1 Å². The first-order valence-corrected chi connectivity index (χ1v) is 8.73. The third kappa shape index (κ3) is 3.62. The number of aromatic nitrogens is 1. The van der Waals surface area contributed by atoms with Crippen LogP contribution < -0.4 is 15.4 Å². The van der Waals surface area contributed by atoms with Gasteiger partial charge in [0.05, 0.1) is 11.7 Å². The van der Waals surface area contributed by atoms with Crippen LogP contribution >= 0.6 is 0 Å². The van der Waals surface area contributed by atoms with Crippen LogP contribution in [0, 0.1) is 0 Å². The Morgan fingerprint density at radius 1 is 1.15 bits per heavy atom. The van der Waals surface area contributed by atoms with Crippen LogP contribution in [-0.4, -0.2) is 29.3 Å². The van der Waals surface area contributed by atoms with Crippen LogP contribution in [0.5, 0.6) is 5.75 Å². The number of nitrogens with zero attached hydrogens (tertiary/aromatic N) is 1. The number of hydrogen-bond acceptors (Lipinski definition) is 4. The summed E-state index contributed by atoms with van der Waals surface area (Å²) < 4.78 is 41.3. The molecule has 2 atom stereocenters. The molecule has 0 unspecified atom stereocenters. The van der Waals surface area contributed by atoms with E-state index in [0.717, 1.165) is 30.5 Å². The molecular formula is C19H18F3N3O2. The van der Waals surface area contributed by atoms with Gasteiger partial charge in [-0.2, -0.15) is 0 Å². The van der Waals surface area contributed by atoms with Crippen LogP contribution in [0.15, 0.2) is 42.6 Å². The summed E-state index contributed by atoms with van der Waals surface area (Å²) in [7, 11) is 0. The molecule has 5 nitrogen and oxygen atoms in total. The number of pyridine rings is 1. The van der Waals surface area contributed by atoms with Crippen molar-refractivity contribution >= 4 is 5.91 Å². The number of carbonyl (C=O) groups excluding carboxylic acids is 1. The molecule has 2 aliphatic heterocycles. The fourth-order valence-corrected chi connectivity index (χ4v) is 3.83. The van der Waals surface area contributed by atoms with E-state index in [-0.39, 0.29) is 17.7 Å². The van der Waals surface area contributed by atoms with Gasteiger partial charge in [-0.15, -0.1) is 13.2 Å². The number of halogens is 3. The van der Waals surface area contributed by atoms with E-state index < -0.39 is 11.9 Å². The highest BCUT2D eigenvalue weighted by atomic mass is 19.4. The van der Waals surface area contributed by atoms with E-state index in [0.29, 0.717) is 12.1 Å². The van der Waals surface area contributed by atoms with Crippen molar-refractivity contribution in [1.29, 1.82) is 0 Å². The van der Waals surface area contributed by atoms with Gasteiger partial charge in [0.1, 0.15) is 11.3 Å². The summed E-state index contributed by atoms with van der Waals surface area (Å²) in [4.78, 5) is 16.5. The summed E-state index contributed by atoms with van der Waals surface area (Å²) in [6.07, 6.45) is -0.834. The Balaban J connectivity index is 1.57. The van der Waals surface area contributed by atoms with E-state index in [1.807, 2.05) is 6.07 Å². The predicted octanol–water partition coefficient (Wildman–Crippen LogP) is 3.33. The van der Waals surface area contributed by atoms with Gasteiger partial charge in [-0.1, -0.05) is 12.1 Å². The largest absolute Gasteiger partial charge is 0.573 e. The lowest BCUT2D eigenvalue weighted by Crippen LogP contribution is -2.47. The first kappa shape index (κ1) is 17.8. The van der Waals surface area contributed by atoms with E-state index in [1.165, 1.54) is 18.2 Å². The highest BCUT2D eigenvalue weighted by Gasteiger charge is 2.48. The molecule has 1 aromatic carbocycles. The number of benzene rings is 1. The lowest BCUT2D eigenvalue weighted by Gasteiger charge is -2.21. The maximum atomic E-state index is 12.4. The molecule has 4 rings (SSSR count). The molecule has 2 fully saturated rings. The van der Waals surface area contributed by atoms with Crippen LogP contribution in [0.4, 0.5) is 13.2 Å². The molecule has 3 heterocycles. The smallest absolute Gasteiger partial charge is 0.406 e. The molecule has 2 aliphatic rings. The number of rotatable bonds is 3. The Morgan fingerprint density at radius 2 is 1.96 bits per heavy atom. The lowest BCUT2D eigenvalue weighted by molar-refractivity contribution is -0.274. The van der Waals surface area contributed by atoms with Gasteiger partial charge >= 0.3 is 6.36 Å². The first-order valence-electron chi connectivity index (χ1n) is 8.73. The molecule has 8 heteroatoms. The van der Waals surface area contributed by atoms with Crippen molar-refractivity contribution in [1.82, 2.24) is 15.6 Å². The topological polar surface area (TPSA) is 63.2 Å². The number of alkyl halides is 3. The number of nitrogens with one attached hydrogen (secondary N) is 2. The van der Waals surface area contributed by atoms with Gasteiger partial charge in [0.2, 0.25) is 5.91 Å². The number of hydrogen-bond donors (Lipinski definition) is 2. The fourth-order valence-electron chi connectivity index (χ4n) is 3.83. The van der Waals surface area contributed by atoms with Crippen LogP contribution in [0.25, 0.3) is 11.1 Å². The second-order valence-corrected chi connectivity index (χ2v) is 6.87. The van der Waals surface area contributed by atoms with Crippen molar-refractivity contribution in [3.05, 3.63) is 48.3 Å². The zero-order chi connectivity index (χ0) is 19.1. The van der Waals surface area contributed by atoms with E-state index in [1.54, 1.807) is 18.3 Å². The number of carbonyl (C=O) groups is 1. The van der Waals surface area contributed by atoms with E-state index in [4.69, 9.17) is 0 Å². The fraction of sp³-hybridized carbons (Fsp3) is 0.368. The van der Waals surface area contributed by atoms with Gasteiger partial charge < -0.3 is 10.1 Å². The van der Waals surface area contributed by atoms with Gasteiger partial charge in [-0.05, 0) is 54.7 Å². The van der Waals surface area contributed by atoms with Crippen LogP contribution in [0.1, 0.15) is 31.0 Å². The highest BCUT2D eigenvalue weighted by molar-refractivity contribution is 5.88. The molecule has 0 saturated carbocycles. The van der Waals surface area contributed by atoms with E-state index in [2.05, 4.69) is 20.4 Å². The SMILES string of the molecule is O=C1NCC[C@]12CC[C@@H](c1cc(-c3cccc(OC(F)(F)F)c3)ccn1)N2. The minimum atomic E-state index is -4.73. The second-order valence-electron chi connectivity index (χ2n) is 6.87. The van der Waals surface area contributed by atoms with Crippen molar-refractivity contribution in [2.75, 3.05) is 6.54 Å². The summed E-state index contributed by atoms with van der Waals surface area (Å²) in [5.74, 6) is -0.239. The van der Waals surface area contributed by atoms with Gasteiger partial charge in [-0.25, -0.2) is 0 Å². The van der Waals surface area contributed by atoms with Crippen LogP contribution in [-0.2, 0) is 4.79 Å². The third-order valence-electron chi connectivity index (χ3n) is 5.12. The maximum absolute atomic E-state index is 12.4. The molecule has 27 heavy (non-hydrogen) atoms. The maximum Gasteiger partial charge on any atom is 0.573 e. The predicted molar refractivity (Wildman–Crippen MR) is 91.8 cm³/mol.